The number of amides is 1. The van der Waals surface area contributed by atoms with E-state index in [9.17, 15) is 15.0 Å². The van der Waals surface area contributed by atoms with Crippen LogP contribution in [-0.4, -0.2) is 63.7 Å². The molecule has 1 amide bonds. The first-order valence-electron chi connectivity index (χ1n) is 13.4. The van der Waals surface area contributed by atoms with Gasteiger partial charge in [0.05, 0.1) is 5.60 Å². The van der Waals surface area contributed by atoms with Crippen molar-refractivity contribution in [2.75, 3.05) is 20.1 Å². The zero-order valence-corrected chi connectivity index (χ0v) is 21.3. The summed E-state index contributed by atoms with van der Waals surface area (Å²) in [4.78, 5) is 17.5. The first-order chi connectivity index (χ1) is 17.3. The average Bonchev–Trinajstić information content (AvgIpc) is 3.68. The van der Waals surface area contributed by atoms with Gasteiger partial charge in [0, 0.05) is 42.6 Å². The van der Waals surface area contributed by atoms with Gasteiger partial charge in [0.25, 0.3) is 5.91 Å². The number of piperidine rings is 1. The highest BCUT2D eigenvalue weighted by Gasteiger charge is 2.65. The Morgan fingerprint density at radius 1 is 1.17 bits per heavy atom. The minimum absolute atomic E-state index is 0.00600. The largest absolute Gasteiger partial charge is 0.508 e. The summed E-state index contributed by atoms with van der Waals surface area (Å²) in [5, 5.41) is 22.9. The van der Waals surface area contributed by atoms with Gasteiger partial charge in [-0.05, 0) is 105 Å². The molecule has 1 heterocycles. The zero-order valence-electron chi connectivity index (χ0n) is 21.3. The molecule has 2 bridgehead atoms. The molecule has 4 aliphatic rings. The standard InChI is InChI=1S/C31H36N2O3/c1-21-4-3-5-22(16-21)8-11-29(35)32(2)25-12-13-31(36)28-17-24-9-10-26(34)18-27(24)30(31,19-25)14-15-33(28)20-23-6-7-23/h3-5,9-10,16,18,23,25,28,34,36H,6-7,12-15,17,19-20H2,1-2H3/t25-,28-,30-,31-/m1/s1. The number of hydrogen-bond donors (Lipinski definition) is 2. The number of aliphatic hydroxyl groups is 1. The van der Waals surface area contributed by atoms with Crippen molar-refractivity contribution in [3.63, 3.8) is 0 Å². The second kappa shape index (κ2) is 8.64. The maximum Gasteiger partial charge on any atom is 0.298 e. The molecule has 2 N–H and O–H groups in total. The lowest BCUT2D eigenvalue weighted by Gasteiger charge is -2.65. The molecular formula is C31H36N2O3. The van der Waals surface area contributed by atoms with Gasteiger partial charge in [-0.25, -0.2) is 0 Å². The molecule has 6 rings (SSSR count). The molecule has 0 aromatic heterocycles. The van der Waals surface area contributed by atoms with Gasteiger partial charge < -0.3 is 15.1 Å². The van der Waals surface area contributed by atoms with Gasteiger partial charge in [-0.3, -0.25) is 9.69 Å². The minimum atomic E-state index is -0.853. The van der Waals surface area contributed by atoms with E-state index in [1.165, 1.54) is 18.4 Å². The number of rotatable bonds is 3. The summed E-state index contributed by atoms with van der Waals surface area (Å²) in [6.07, 6.45) is 6.38. The van der Waals surface area contributed by atoms with Crippen molar-refractivity contribution in [3.8, 4) is 17.6 Å². The van der Waals surface area contributed by atoms with Crippen molar-refractivity contribution in [2.24, 2.45) is 5.92 Å². The van der Waals surface area contributed by atoms with Crippen LogP contribution < -0.4 is 0 Å². The first kappa shape index (κ1) is 23.6. The topological polar surface area (TPSA) is 64.0 Å². The molecule has 1 aliphatic heterocycles. The molecule has 0 radical (unpaired) electrons. The fraction of sp³-hybridized carbons (Fsp3) is 0.516. The summed E-state index contributed by atoms with van der Waals surface area (Å²) in [6.45, 7) is 4.05. The summed E-state index contributed by atoms with van der Waals surface area (Å²) in [6, 6.07) is 13.7. The summed E-state index contributed by atoms with van der Waals surface area (Å²) in [5.41, 5.74) is 2.96. The van der Waals surface area contributed by atoms with Crippen LogP contribution in [0.2, 0.25) is 0 Å². The van der Waals surface area contributed by atoms with Crippen molar-refractivity contribution in [2.45, 2.75) is 75.0 Å². The Balaban J connectivity index is 1.31. The third kappa shape index (κ3) is 3.83. The van der Waals surface area contributed by atoms with Crippen molar-refractivity contribution in [1.82, 2.24) is 9.80 Å². The lowest BCUT2D eigenvalue weighted by molar-refractivity contribution is -0.177. The second-order valence-electron chi connectivity index (χ2n) is 11.7. The molecule has 1 saturated heterocycles. The van der Waals surface area contributed by atoms with Crippen LogP contribution in [0.3, 0.4) is 0 Å². The van der Waals surface area contributed by atoms with E-state index in [4.69, 9.17) is 0 Å². The van der Waals surface area contributed by atoms with Gasteiger partial charge in [-0.15, -0.1) is 0 Å². The Hall–Kier alpha value is -2.81. The molecule has 2 aromatic rings. The predicted octanol–water partition coefficient (Wildman–Crippen LogP) is 3.77. The number of aromatic hydroxyl groups is 1. The minimum Gasteiger partial charge on any atom is -0.508 e. The van der Waals surface area contributed by atoms with Crippen molar-refractivity contribution < 1.29 is 15.0 Å². The van der Waals surface area contributed by atoms with Gasteiger partial charge in [0.2, 0.25) is 0 Å². The Bertz CT molecular complexity index is 1260. The lowest BCUT2D eigenvalue weighted by Crippen LogP contribution is -2.74. The van der Waals surface area contributed by atoms with Crippen LogP contribution in [0.1, 0.15) is 60.8 Å². The Kier molecular flexibility index (Phi) is 5.66. The maximum absolute atomic E-state index is 13.1. The molecule has 0 unspecified atom stereocenters. The summed E-state index contributed by atoms with van der Waals surface area (Å²) in [5.74, 6) is 6.72. The Morgan fingerprint density at radius 2 is 2.00 bits per heavy atom. The fourth-order valence-electron chi connectivity index (χ4n) is 7.36. The third-order valence-corrected chi connectivity index (χ3v) is 9.50. The molecule has 5 heteroatoms. The number of likely N-dealkylation sites (tertiary alicyclic amines) is 1. The number of nitrogens with zero attached hydrogens (tertiary/aromatic N) is 2. The van der Waals surface area contributed by atoms with Crippen LogP contribution >= 0.6 is 0 Å². The van der Waals surface area contributed by atoms with Crippen LogP contribution in [0.25, 0.3) is 0 Å². The van der Waals surface area contributed by atoms with E-state index >= 15 is 0 Å². The lowest BCUT2D eigenvalue weighted by atomic mass is 9.48. The SMILES string of the molecule is Cc1cccc(C#CC(=O)N(C)[C@@H]2CC[C@@]3(O)[C@H]4Cc5ccc(O)cc5[C@@]3(CCN4CC3CC3)C2)c1. The molecule has 3 fully saturated rings. The number of carbonyl (C=O) groups excluding carboxylic acids is 1. The average molecular weight is 485 g/mol. The van der Waals surface area contributed by atoms with Crippen LogP contribution in [0.15, 0.2) is 42.5 Å². The van der Waals surface area contributed by atoms with E-state index < -0.39 is 11.0 Å². The van der Waals surface area contributed by atoms with Crippen molar-refractivity contribution >= 4 is 5.91 Å². The number of fused-ring (bicyclic) bond motifs is 1. The van der Waals surface area contributed by atoms with E-state index in [-0.39, 0.29) is 23.7 Å². The highest BCUT2D eigenvalue weighted by atomic mass is 16.3. The summed E-state index contributed by atoms with van der Waals surface area (Å²) in [7, 11) is 1.85. The normalized spacial score (nSPS) is 31.0. The van der Waals surface area contributed by atoms with Gasteiger partial charge in [-0.1, -0.05) is 24.1 Å². The Morgan fingerprint density at radius 3 is 2.78 bits per heavy atom. The predicted molar refractivity (Wildman–Crippen MR) is 140 cm³/mol. The van der Waals surface area contributed by atoms with Gasteiger partial charge in [0.1, 0.15) is 5.75 Å². The molecule has 0 spiro atoms. The number of benzene rings is 2. The maximum atomic E-state index is 13.1. The van der Waals surface area contributed by atoms with Gasteiger partial charge in [-0.2, -0.15) is 0 Å². The number of aryl methyl sites for hydroxylation is 1. The fourth-order valence-corrected chi connectivity index (χ4v) is 7.36. The van der Waals surface area contributed by atoms with E-state index in [1.807, 2.05) is 50.4 Å². The quantitative estimate of drug-likeness (QED) is 0.651. The zero-order chi connectivity index (χ0) is 25.1. The molecule has 2 aromatic carbocycles. The van der Waals surface area contributed by atoms with Crippen LogP contribution in [0, 0.1) is 24.7 Å². The van der Waals surface area contributed by atoms with Crippen molar-refractivity contribution in [1.29, 1.82) is 0 Å². The number of phenolic OH excluding ortho intramolecular Hbond substituents is 1. The molecule has 3 aliphatic carbocycles. The molecule has 36 heavy (non-hydrogen) atoms. The van der Waals surface area contributed by atoms with E-state index in [0.717, 1.165) is 55.0 Å². The van der Waals surface area contributed by atoms with E-state index in [1.54, 1.807) is 11.0 Å². The van der Waals surface area contributed by atoms with Crippen LogP contribution in [-0.2, 0) is 16.6 Å². The molecule has 2 saturated carbocycles. The molecular weight excluding hydrogens is 448 g/mol. The number of carbonyl (C=O) groups is 1. The highest BCUT2D eigenvalue weighted by molar-refractivity contribution is 5.94. The second-order valence-corrected chi connectivity index (χ2v) is 11.7. The molecule has 4 atom stereocenters. The van der Waals surface area contributed by atoms with Gasteiger partial charge >= 0.3 is 0 Å². The highest BCUT2D eigenvalue weighted by Crippen LogP contribution is 2.59. The Labute approximate surface area is 214 Å². The number of hydrogen-bond acceptors (Lipinski definition) is 4. The van der Waals surface area contributed by atoms with Gasteiger partial charge in [0.15, 0.2) is 0 Å². The molecule has 5 nitrogen and oxygen atoms in total. The first-order valence-corrected chi connectivity index (χ1v) is 13.4. The smallest absolute Gasteiger partial charge is 0.298 e. The van der Waals surface area contributed by atoms with Crippen LogP contribution in [0.5, 0.6) is 5.75 Å². The van der Waals surface area contributed by atoms with Crippen LogP contribution in [0.4, 0.5) is 0 Å². The van der Waals surface area contributed by atoms with E-state index in [0.29, 0.717) is 12.8 Å². The van der Waals surface area contributed by atoms with E-state index in [2.05, 4.69) is 16.7 Å². The molecule has 188 valence electrons. The van der Waals surface area contributed by atoms with Crippen molar-refractivity contribution in [3.05, 3.63) is 64.7 Å². The third-order valence-electron chi connectivity index (χ3n) is 9.50. The monoisotopic (exact) mass is 484 g/mol. The number of phenols is 1. The summed E-state index contributed by atoms with van der Waals surface area (Å²) >= 11 is 0. The summed E-state index contributed by atoms with van der Waals surface area (Å²) < 4.78 is 0.